The van der Waals surface area contributed by atoms with Crippen molar-refractivity contribution < 1.29 is 5.11 Å². The lowest BCUT2D eigenvalue weighted by atomic mass is 9.91. The number of hydrogen-bond acceptors (Lipinski definition) is 2. The molecule has 0 amide bonds. The van der Waals surface area contributed by atoms with Crippen LogP contribution in [-0.2, 0) is 6.42 Å². The van der Waals surface area contributed by atoms with E-state index in [1.54, 1.807) is 0 Å². The number of para-hydroxylation sites is 1. The third kappa shape index (κ3) is 2.40. The van der Waals surface area contributed by atoms with Gasteiger partial charge in [0.1, 0.15) is 0 Å². The third-order valence-electron chi connectivity index (χ3n) is 4.14. The van der Waals surface area contributed by atoms with E-state index in [-0.39, 0.29) is 6.61 Å². The molecule has 19 heavy (non-hydrogen) atoms. The van der Waals surface area contributed by atoms with Crippen molar-refractivity contribution in [2.45, 2.75) is 32.2 Å². The molecule has 0 saturated heterocycles. The number of aromatic amines is 1. The third-order valence-corrected chi connectivity index (χ3v) is 4.14. The summed E-state index contributed by atoms with van der Waals surface area (Å²) in [5.41, 5.74) is 4.09. The van der Waals surface area contributed by atoms with Crippen molar-refractivity contribution in [2.75, 3.05) is 13.2 Å². The van der Waals surface area contributed by atoms with Gasteiger partial charge in [0.15, 0.2) is 0 Å². The van der Waals surface area contributed by atoms with Gasteiger partial charge in [-0.1, -0.05) is 25.1 Å². The Morgan fingerprint density at radius 2 is 2.26 bits per heavy atom. The quantitative estimate of drug-likeness (QED) is 0.789. The van der Waals surface area contributed by atoms with Gasteiger partial charge < -0.3 is 15.4 Å². The molecule has 0 aliphatic heterocycles. The van der Waals surface area contributed by atoms with Crippen LogP contribution in [0.3, 0.4) is 0 Å². The molecular weight excluding hydrogens is 236 g/mol. The first-order valence-corrected chi connectivity index (χ1v) is 7.23. The summed E-state index contributed by atoms with van der Waals surface area (Å²) < 4.78 is 0. The average molecular weight is 258 g/mol. The van der Waals surface area contributed by atoms with Gasteiger partial charge in [-0.3, -0.25) is 0 Å². The Kier molecular flexibility index (Phi) is 3.58. The lowest BCUT2D eigenvalue weighted by Crippen LogP contribution is -2.30. The van der Waals surface area contributed by atoms with Crippen LogP contribution < -0.4 is 5.32 Å². The first kappa shape index (κ1) is 12.7. The molecule has 3 nitrogen and oxygen atoms in total. The fraction of sp³-hybridized carbons (Fsp3) is 0.500. The maximum atomic E-state index is 9.13. The molecule has 2 unspecified atom stereocenters. The second-order valence-corrected chi connectivity index (χ2v) is 5.70. The van der Waals surface area contributed by atoms with E-state index in [1.165, 1.54) is 41.4 Å². The number of aryl methyl sites for hydroxylation is 1. The Labute approximate surface area is 114 Å². The number of H-pyrrole nitrogens is 1. The summed E-state index contributed by atoms with van der Waals surface area (Å²) in [5.74, 6) is 0.315. The van der Waals surface area contributed by atoms with Crippen LogP contribution in [0.5, 0.6) is 0 Å². The number of rotatable bonds is 4. The zero-order valence-corrected chi connectivity index (χ0v) is 11.4. The summed E-state index contributed by atoms with van der Waals surface area (Å²) in [5, 5.41) is 14.1. The molecule has 2 aromatic rings. The summed E-state index contributed by atoms with van der Waals surface area (Å²) >= 11 is 0. The molecular formula is C16H22N2O. The van der Waals surface area contributed by atoms with Crippen molar-refractivity contribution in [3.8, 4) is 0 Å². The SMILES string of the molecule is CC(CO)CNC1CCCc2c1[nH]c1ccccc21. The number of aliphatic hydroxyl groups is 1. The van der Waals surface area contributed by atoms with Gasteiger partial charge in [-0.2, -0.15) is 0 Å². The normalized spacial score (nSPS) is 20.4. The average Bonchev–Trinajstić information content (AvgIpc) is 2.84. The van der Waals surface area contributed by atoms with Crippen LogP contribution in [-0.4, -0.2) is 23.2 Å². The van der Waals surface area contributed by atoms with Gasteiger partial charge in [0.25, 0.3) is 0 Å². The van der Waals surface area contributed by atoms with Crippen molar-refractivity contribution in [3.63, 3.8) is 0 Å². The number of aliphatic hydroxyl groups excluding tert-OH is 1. The minimum Gasteiger partial charge on any atom is -0.396 e. The fourth-order valence-electron chi connectivity index (χ4n) is 3.03. The summed E-state index contributed by atoms with van der Waals surface area (Å²) in [6.07, 6.45) is 3.59. The smallest absolute Gasteiger partial charge is 0.0476 e. The number of aromatic nitrogens is 1. The lowest BCUT2D eigenvalue weighted by molar-refractivity contribution is 0.228. The van der Waals surface area contributed by atoms with Crippen LogP contribution in [0.4, 0.5) is 0 Å². The van der Waals surface area contributed by atoms with Gasteiger partial charge in [0.05, 0.1) is 0 Å². The molecule has 1 aromatic carbocycles. The monoisotopic (exact) mass is 258 g/mol. The minimum absolute atomic E-state index is 0.249. The predicted molar refractivity (Wildman–Crippen MR) is 78.2 cm³/mol. The van der Waals surface area contributed by atoms with Crippen LogP contribution in [0, 0.1) is 5.92 Å². The molecule has 102 valence electrons. The summed E-state index contributed by atoms with van der Waals surface area (Å²) in [6, 6.07) is 8.97. The number of fused-ring (bicyclic) bond motifs is 3. The zero-order chi connectivity index (χ0) is 13.2. The highest BCUT2D eigenvalue weighted by Gasteiger charge is 2.23. The molecule has 1 aliphatic carbocycles. The van der Waals surface area contributed by atoms with Crippen molar-refractivity contribution in [3.05, 3.63) is 35.5 Å². The maximum Gasteiger partial charge on any atom is 0.0476 e. The van der Waals surface area contributed by atoms with Gasteiger partial charge >= 0.3 is 0 Å². The first-order chi connectivity index (χ1) is 9.29. The zero-order valence-electron chi connectivity index (χ0n) is 11.4. The van der Waals surface area contributed by atoms with Gasteiger partial charge in [-0.05, 0) is 36.8 Å². The topological polar surface area (TPSA) is 48.0 Å². The highest BCUT2D eigenvalue weighted by atomic mass is 16.3. The molecule has 1 heterocycles. The molecule has 0 saturated carbocycles. The minimum atomic E-state index is 0.249. The van der Waals surface area contributed by atoms with E-state index in [1.807, 2.05) is 0 Å². The Morgan fingerprint density at radius 3 is 3.11 bits per heavy atom. The van der Waals surface area contributed by atoms with E-state index in [2.05, 4.69) is 41.5 Å². The van der Waals surface area contributed by atoms with Crippen LogP contribution >= 0.6 is 0 Å². The highest BCUT2D eigenvalue weighted by molar-refractivity contribution is 5.85. The molecule has 1 aliphatic rings. The van der Waals surface area contributed by atoms with Crippen LogP contribution in [0.2, 0.25) is 0 Å². The number of hydrogen-bond donors (Lipinski definition) is 3. The Hall–Kier alpha value is -1.32. The summed E-state index contributed by atoms with van der Waals surface area (Å²) in [4.78, 5) is 3.58. The molecule has 3 rings (SSSR count). The van der Waals surface area contributed by atoms with Crippen molar-refractivity contribution >= 4 is 10.9 Å². The van der Waals surface area contributed by atoms with E-state index < -0.39 is 0 Å². The van der Waals surface area contributed by atoms with E-state index in [4.69, 9.17) is 5.11 Å². The Morgan fingerprint density at radius 1 is 1.42 bits per heavy atom. The second-order valence-electron chi connectivity index (χ2n) is 5.70. The van der Waals surface area contributed by atoms with Gasteiger partial charge in [-0.15, -0.1) is 0 Å². The van der Waals surface area contributed by atoms with Gasteiger partial charge in [-0.25, -0.2) is 0 Å². The van der Waals surface area contributed by atoms with Crippen LogP contribution in [0.25, 0.3) is 10.9 Å². The Balaban J connectivity index is 1.87. The van der Waals surface area contributed by atoms with Crippen LogP contribution in [0.1, 0.15) is 37.1 Å². The van der Waals surface area contributed by atoms with E-state index in [9.17, 15) is 0 Å². The first-order valence-electron chi connectivity index (χ1n) is 7.23. The lowest BCUT2D eigenvalue weighted by Gasteiger charge is -2.25. The van der Waals surface area contributed by atoms with Crippen LogP contribution in [0.15, 0.2) is 24.3 Å². The molecule has 2 atom stereocenters. The van der Waals surface area contributed by atoms with Crippen molar-refractivity contribution in [2.24, 2.45) is 5.92 Å². The molecule has 3 N–H and O–H groups in total. The highest BCUT2D eigenvalue weighted by Crippen LogP contribution is 2.34. The molecule has 0 radical (unpaired) electrons. The van der Waals surface area contributed by atoms with Gasteiger partial charge in [0.2, 0.25) is 0 Å². The maximum absolute atomic E-state index is 9.13. The molecule has 0 spiro atoms. The van der Waals surface area contributed by atoms with Crippen molar-refractivity contribution in [1.29, 1.82) is 0 Å². The predicted octanol–water partition coefficient (Wildman–Crippen LogP) is 2.76. The van der Waals surface area contributed by atoms with E-state index >= 15 is 0 Å². The summed E-state index contributed by atoms with van der Waals surface area (Å²) in [7, 11) is 0. The van der Waals surface area contributed by atoms with E-state index in [0.717, 1.165) is 6.54 Å². The van der Waals surface area contributed by atoms with E-state index in [0.29, 0.717) is 12.0 Å². The standard InChI is InChI=1S/C16H22N2O/c1-11(10-19)9-17-15-8-4-6-13-12-5-2-3-7-14(12)18-16(13)15/h2-3,5,7,11,15,17-19H,4,6,8-10H2,1H3. The van der Waals surface area contributed by atoms with Gasteiger partial charge in [0, 0.05) is 35.8 Å². The largest absolute Gasteiger partial charge is 0.396 e. The van der Waals surface area contributed by atoms with Crippen molar-refractivity contribution in [1.82, 2.24) is 10.3 Å². The molecule has 1 aromatic heterocycles. The number of benzene rings is 1. The molecule has 0 fully saturated rings. The fourth-order valence-corrected chi connectivity index (χ4v) is 3.03. The second kappa shape index (κ2) is 5.35. The number of nitrogens with one attached hydrogen (secondary N) is 2. The summed E-state index contributed by atoms with van der Waals surface area (Å²) in [6.45, 7) is 3.19. The molecule has 0 bridgehead atoms. The molecule has 3 heteroatoms. The Bertz CT molecular complexity index is 561.